The minimum absolute atomic E-state index is 0.0166. The molecule has 3 N–H and O–H groups in total. The van der Waals surface area contributed by atoms with E-state index in [0.29, 0.717) is 55.7 Å². The van der Waals surface area contributed by atoms with Crippen LogP contribution < -0.4 is 5.43 Å². The largest absolute Gasteiger partial charge is 0.505 e. The summed E-state index contributed by atoms with van der Waals surface area (Å²) in [5.74, 6) is -1.64. The SMILES string of the molecule is COCC(=O)N1CCC(N2N=C(C)C(=NNc3cccc(C4CCCC(C(=O)O)C4)c3O)C2=O)CC1. The molecular weight excluding hydrogens is 466 g/mol. The number of hydrazone groups is 2. The lowest BCUT2D eigenvalue weighted by Crippen LogP contribution is -2.47. The molecule has 2 heterocycles. The lowest BCUT2D eigenvalue weighted by Gasteiger charge is -2.34. The smallest absolute Gasteiger partial charge is 0.306 e. The van der Waals surface area contributed by atoms with E-state index in [1.165, 1.54) is 12.1 Å². The van der Waals surface area contributed by atoms with Gasteiger partial charge in [-0.25, -0.2) is 5.01 Å². The second kappa shape index (κ2) is 11.1. The molecule has 2 amide bonds. The highest BCUT2D eigenvalue weighted by molar-refractivity contribution is 6.68. The van der Waals surface area contributed by atoms with Crippen LogP contribution in [0.1, 0.15) is 56.9 Å². The molecule has 2 atom stereocenters. The maximum atomic E-state index is 13.1. The van der Waals surface area contributed by atoms with Crippen molar-refractivity contribution in [2.75, 3.05) is 32.2 Å². The normalized spacial score (nSPS) is 24.2. The summed E-state index contributed by atoms with van der Waals surface area (Å²) in [5, 5.41) is 30.4. The molecule has 1 aromatic carbocycles. The average Bonchev–Trinajstić information content (AvgIpc) is 3.16. The van der Waals surface area contributed by atoms with Crippen molar-refractivity contribution in [1.82, 2.24) is 9.91 Å². The Morgan fingerprint density at radius 2 is 1.97 bits per heavy atom. The molecule has 1 aromatic rings. The quantitative estimate of drug-likeness (QED) is 0.386. The van der Waals surface area contributed by atoms with Crippen LogP contribution in [0.4, 0.5) is 5.69 Å². The number of rotatable bonds is 7. The summed E-state index contributed by atoms with van der Waals surface area (Å²) in [6.07, 6.45) is 3.96. The Morgan fingerprint density at radius 3 is 2.67 bits per heavy atom. The van der Waals surface area contributed by atoms with Gasteiger partial charge in [-0.3, -0.25) is 19.8 Å². The van der Waals surface area contributed by atoms with Gasteiger partial charge in [-0.1, -0.05) is 18.6 Å². The monoisotopic (exact) mass is 499 g/mol. The van der Waals surface area contributed by atoms with Gasteiger partial charge in [0.05, 0.1) is 23.4 Å². The van der Waals surface area contributed by atoms with Gasteiger partial charge in [0.2, 0.25) is 5.91 Å². The van der Waals surface area contributed by atoms with E-state index in [-0.39, 0.29) is 41.8 Å². The topological polar surface area (TPSA) is 144 Å². The second-order valence-electron chi connectivity index (χ2n) is 9.59. The van der Waals surface area contributed by atoms with Crippen molar-refractivity contribution >= 4 is 34.9 Å². The molecule has 0 aromatic heterocycles. The number of hydrogen-bond acceptors (Lipinski definition) is 8. The van der Waals surface area contributed by atoms with Crippen LogP contribution in [0.3, 0.4) is 0 Å². The number of carbonyl (C=O) groups excluding carboxylic acids is 2. The van der Waals surface area contributed by atoms with E-state index >= 15 is 0 Å². The van der Waals surface area contributed by atoms with E-state index in [1.807, 2.05) is 6.07 Å². The molecule has 11 nitrogen and oxygen atoms in total. The van der Waals surface area contributed by atoms with Crippen LogP contribution in [-0.4, -0.2) is 82.2 Å². The molecule has 1 saturated carbocycles. The molecule has 2 unspecified atom stereocenters. The highest BCUT2D eigenvalue weighted by atomic mass is 16.5. The van der Waals surface area contributed by atoms with Gasteiger partial charge in [-0.2, -0.15) is 10.2 Å². The minimum atomic E-state index is -0.800. The lowest BCUT2D eigenvalue weighted by molar-refractivity contribution is -0.143. The molecular formula is C25H33N5O6. The van der Waals surface area contributed by atoms with Crippen molar-refractivity contribution < 1.29 is 29.3 Å². The minimum Gasteiger partial charge on any atom is -0.505 e. The number of phenols is 1. The first-order valence-corrected chi connectivity index (χ1v) is 12.3. The van der Waals surface area contributed by atoms with Gasteiger partial charge in [-0.05, 0) is 56.6 Å². The van der Waals surface area contributed by atoms with Gasteiger partial charge in [0.25, 0.3) is 5.91 Å². The molecule has 0 spiro atoms. The maximum absolute atomic E-state index is 13.1. The molecule has 36 heavy (non-hydrogen) atoms. The number of piperidine rings is 1. The number of ether oxygens (including phenoxy) is 1. The van der Waals surface area contributed by atoms with Crippen LogP contribution in [0.25, 0.3) is 0 Å². The summed E-state index contributed by atoms with van der Waals surface area (Å²) >= 11 is 0. The van der Waals surface area contributed by atoms with E-state index in [2.05, 4.69) is 15.6 Å². The summed E-state index contributed by atoms with van der Waals surface area (Å²) in [6, 6.07) is 5.12. The van der Waals surface area contributed by atoms with Crippen molar-refractivity contribution in [3.63, 3.8) is 0 Å². The van der Waals surface area contributed by atoms with Crippen molar-refractivity contribution in [2.45, 2.75) is 57.4 Å². The zero-order valence-electron chi connectivity index (χ0n) is 20.6. The predicted molar refractivity (Wildman–Crippen MR) is 133 cm³/mol. The number of aromatic hydroxyl groups is 1. The molecule has 1 saturated heterocycles. The summed E-state index contributed by atoms with van der Waals surface area (Å²) in [5.41, 5.74) is 4.49. The number of anilines is 1. The Bertz CT molecular complexity index is 1080. The Labute approximate surface area is 209 Å². The zero-order chi connectivity index (χ0) is 25.8. The Balaban J connectivity index is 1.42. The maximum Gasteiger partial charge on any atom is 0.306 e. The third-order valence-electron chi connectivity index (χ3n) is 7.26. The fourth-order valence-corrected chi connectivity index (χ4v) is 5.26. The van der Waals surface area contributed by atoms with Crippen LogP contribution >= 0.6 is 0 Å². The Kier molecular flexibility index (Phi) is 7.88. The summed E-state index contributed by atoms with van der Waals surface area (Å²) < 4.78 is 4.91. The van der Waals surface area contributed by atoms with Gasteiger partial charge < -0.3 is 19.8 Å². The van der Waals surface area contributed by atoms with Crippen LogP contribution in [0.15, 0.2) is 28.4 Å². The molecule has 11 heteroatoms. The molecule has 194 valence electrons. The van der Waals surface area contributed by atoms with E-state index in [1.54, 1.807) is 24.0 Å². The molecule has 3 aliphatic rings. The molecule has 0 radical (unpaired) electrons. The zero-order valence-corrected chi connectivity index (χ0v) is 20.6. The first kappa shape index (κ1) is 25.6. The molecule has 1 aliphatic carbocycles. The summed E-state index contributed by atoms with van der Waals surface area (Å²) in [6.45, 7) is 2.81. The van der Waals surface area contributed by atoms with Gasteiger partial charge >= 0.3 is 5.97 Å². The summed E-state index contributed by atoms with van der Waals surface area (Å²) in [7, 11) is 1.49. The van der Waals surface area contributed by atoms with E-state index in [9.17, 15) is 24.6 Å². The number of benzene rings is 1. The number of methoxy groups -OCH3 is 1. The Hall–Kier alpha value is -3.47. The number of para-hydroxylation sites is 1. The second-order valence-corrected chi connectivity index (χ2v) is 9.59. The predicted octanol–water partition coefficient (Wildman–Crippen LogP) is 2.37. The fraction of sp³-hybridized carbons (Fsp3) is 0.560. The number of carboxylic acid groups (broad SMARTS) is 1. The van der Waals surface area contributed by atoms with Crippen LogP contribution in [0, 0.1) is 5.92 Å². The van der Waals surface area contributed by atoms with E-state index < -0.39 is 11.9 Å². The number of hydrogen-bond donors (Lipinski definition) is 3. The highest BCUT2D eigenvalue weighted by Crippen LogP contribution is 2.42. The standard InChI is InChI=1S/C25H33N5O6/c1-15-22(24(33)30(28-15)18-9-11-29(12-10-18)21(31)14-36-2)27-26-20-8-4-7-19(23(20)32)16-5-3-6-17(13-16)25(34)35/h4,7-8,16-18,26,32H,3,5-6,9-14H2,1-2H3,(H,34,35). The molecule has 0 bridgehead atoms. The van der Waals surface area contributed by atoms with Crippen molar-refractivity contribution in [2.24, 2.45) is 16.1 Å². The highest BCUT2D eigenvalue weighted by Gasteiger charge is 2.37. The summed E-state index contributed by atoms with van der Waals surface area (Å²) in [4.78, 5) is 38.3. The average molecular weight is 500 g/mol. The fourth-order valence-electron chi connectivity index (χ4n) is 5.26. The number of aliphatic carboxylic acids is 1. The number of amides is 2. The number of nitrogens with one attached hydrogen (secondary N) is 1. The number of carboxylic acids is 1. The van der Waals surface area contributed by atoms with Gasteiger partial charge in [0.1, 0.15) is 12.4 Å². The van der Waals surface area contributed by atoms with Crippen molar-refractivity contribution in [3.05, 3.63) is 23.8 Å². The third-order valence-corrected chi connectivity index (χ3v) is 7.26. The molecule has 2 aliphatic heterocycles. The van der Waals surface area contributed by atoms with Crippen molar-refractivity contribution in [3.8, 4) is 5.75 Å². The molecule has 2 fully saturated rings. The van der Waals surface area contributed by atoms with Gasteiger partial charge in [0, 0.05) is 20.2 Å². The van der Waals surface area contributed by atoms with Crippen LogP contribution in [-0.2, 0) is 19.1 Å². The third kappa shape index (κ3) is 5.35. The van der Waals surface area contributed by atoms with Gasteiger partial charge in [-0.15, -0.1) is 0 Å². The van der Waals surface area contributed by atoms with Gasteiger partial charge in [0.15, 0.2) is 5.71 Å². The lowest BCUT2D eigenvalue weighted by atomic mass is 9.77. The van der Waals surface area contributed by atoms with Crippen molar-refractivity contribution in [1.29, 1.82) is 0 Å². The molecule has 4 rings (SSSR count). The van der Waals surface area contributed by atoms with E-state index in [0.717, 1.165) is 12.8 Å². The first-order chi connectivity index (χ1) is 17.3. The Morgan fingerprint density at radius 1 is 1.22 bits per heavy atom. The first-order valence-electron chi connectivity index (χ1n) is 12.3. The number of likely N-dealkylation sites (tertiary alicyclic amines) is 1. The number of carbonyl (C=O) groups is 3. The number of nitrogens with zero attached hydrogens (tertiary/aromatic N) is 4. The number of phenolic OH excluding ortho intramolecular Hbond substituents is 1. The van der Waals surface area contributed by atoms with Crippen LogP contribution in [0.2, 0.25) is 0 Å². The van der Waals surface area contributed by atoms with E-state index in [4.69, 9.17) is 4.74 Å². The van der Waals surface area contributed by atoms with Crippen LogP contribution in [0.5, 0.6) is 5.75 Å².